The molecule has 7 rings (SSSR count). The highest BCUT2D eigenvalue weighted by Crippen LogP contribution is 2.47. The fourth-order valence-corrected chi connectivity index (χ4v) is 6.37. The second-order valence-electron chi connectivity index (χ2n) is 9.99. The van der Waals surface area contributed by atoms with Crippen molar-refractivity contribution >= 4 is 27.7 Å². The van der Waals surface area contributed by atoms with Gasteiger partial charge in [-0.25, -0.2) is 0 Å². The molecular formula is C30H30N2O5. The van der Waals surface area contributed by atoms with Gasteiger partial charge in [0.25, 0.3) is 5.91 Å². The van der Waals surface area contributed by atoms with Crippen molar-refractivity contribution in [1.82, 2.24) is 9.88 Å². The van der Waals surface area contributed by atoms with Gasteiger partial charge in [0.15, 0.2) is 6.29 Å². The lowest BCUT2D eigenvalue weighted by Gasteiger charge is -2.25. The van der Waals surface area contributed by atoms with Crippen molar-refractivity contribution in [3.8, 4) is 16.9 Å². The maximum absolute atomic E-state index is 13.2. The van der Waals surface area contributed by atoms with Crippen LogP contribution >= 0.6 is 0 Å². The molecule has 3 aromatic carbocycles. The first-order chi connectivity index (χ1) is 18.2. The van der Waals surface area contributed by atoms with E-state index >= 15 is 0 Å². The van der Waals surface area contributed by atoms with E-state index in [2.05, 4.69) is 34.1 Å². The summed E-state index contributed by atoms with van der Waals surface area (Å²) in [6.45, 7) is 3.11. The number of fused-ring (bicyclic) bond motifs is 10. The molecule has 1 aliphatic carbocycles. The molecule has 1 fully saturated rings. The topological polar surface area (TPSA) is 82.0 Å². The fourth-order valence-electron chi connectivity index (χ4n) is 6.37. The molecule has 1 saturated heterocycles. The van der Waals surface area contributed by atoms with Crippen LogP contribution in [0.4, 0.5) is 0 Å². The van der Waals surface area contributed by atoms with Crippen molar-refractivity contribution in [1.29, 1.82) is 0 Å². The largest absolute Gasteiger partial charge is 0.493 e. The predicted molar refractivity (Wildman–Crippen MR) is 141 cm³/mol. The molecule has 0 saturated carbocycles. The quantitative estimate of drug-likeness (QED) is 0.414. The van der Waals surface area contributed by atoms with Crippen molar-refractivity contribution in [3.63, 3.8) is 0 Å². The molecule has 2 N–H and O–H groups in total. The van der Waals surface area contributed by atoms with Crippen LogP contribution < -0.4 is 10.1 Å². The van der Waals surface area contributed by atoms with E-state index in [1.165, 1.54) is 11.1 Å². The Kier molecular flexibility index (Phi) is 5.65. The first-order valence-corrected chi connectivity index (χ1v) is 13.2. The van der Waals surface area contributed by atoms with Gasteiger partial charge in [-0.15, -0.1) is 0 Å². The molecule has 0 spiro atoms. The molecule has 190 valence electrons. The summed E-state index contributed by atoms with van der Waals surface area (Å²) >= 11 is 0. The minimum Gasteiger partial charge on any atom is -0.493 e. The molecule has 0 bridgehead atoms. The summed E-state index contributed by atoms with van der Waals surface area (Å²) in [5, 5.41) is 15.3. The number of benzene rings is 3. The zero-order valence-electron chi connectivity index (χ0n) is 20.7. The molecule has 7 nitrogen and oxygen atoms in total. The van der Waals surface area contributed by atoms with Gasteiger partial charge in [0.1, 0.15) is 5.75 Å². The van der Waals surface area contributed by atoms with Crippen molar-refractivity contribution < 1.29 is 24.1 Å². The molecule has 1 amide bonds. The highest BCUT2D eigenvalue weighted by atomic mass is 16.7. The molecule has 1 aromatic heterocycles. The SMILES string of the molecule is O=C1NCc2c1c1c(c3c2c2ccccc2n3CCO)CCc2cc(OCCC3OCCCO3)ccc2-1. The maximum atomic E-state index is 13.2. The van der Waals surface area contributed by atoms with Crippen LogP contribution in [-0.4, -0.2) is 48.3 Å². The van der Waals surface area contributed by atoms with E-state index in [9.17, 15) is 9.90 Å². The van der Waals surface area contributed by atoms with E-state index in [-0.39, 0.29) is 18.8 Å². The van der Waals surface area contributed by atoms with Crippen LogP contribution in [0.5, 0.6) is 5.75 Å². The first kappa shape index (κ1) is 22.8. The van der Waals surface area contributed by atoms with Crippen LogP contribution in [0.2, 0.25) is 0 Å². The number of nitrogens with zero attached hydrogens (tertiary/aromatic N) is 1. The third kappa shape index (κ3) is 3.64. The Labute approximate surface area is 214 Å². The summed E-state index contributed by atoms with van der Waals surface area (Å²) in [4.78, 5) is 13.2. The molecule has 2 aliphatic heterocycles. The third-order valence-corrected chi connectivity index (χ3v) is 7.90. The Bertz CT molecular complexity index is 1530. The Hall–Kier alpha value is -3.39. The van der Waals surface area contributed by atoms with Gasteiger partial charge in [-0.1, -0.05) is 24.3 Å². The Balaban J connectivity index is 1.33. The molecule has 0 atom stereocenters. The number of hydrogen-bond acceptors (Lipinski definition) is 5. The summed E-state index contributed by atoms with van der Waals surface area (Å²) in [6, 6.07) is 14.5. The van der Waals surface area contributed by atoms with Crippen molar-refractivity contribution in [2.75, 3.05) is 26.4 Å². The van der Waals surface area contributed by atoms with Gasteiger partial charge < -0.3 is 29.2 Å². The summed E-state index contributed by atoms with van der Waals surface area (Å²) in [5.41, 5.74) is 8.65. The van der Waals surface area contributed by atoms with Crippen molar-refractivity contribution in [2.24, 2.45) is 0 Å². The van der Waals surface area contributed by atoms with Gasteiger partial charge in [0, 0.05) is 41.4 Å². The standard InChI is InChI=1S/C30H30N2O5/c33-12-11-32-24-5-2-1-4-21(24)27-23-17-31-30(34)28(23)26-20-9-7-19(16-18(20)6-8-22(26)29(27)32)35-15-10-25-36-13-3-14-37-25/h1-2,4-5,7,9,16,25,33H,3,6,8,10-15,17H2,(H,31,34). The number of amides is 1. The van der Waals surface area contributed by atoms with E-state index in [1.807, 2.05) is 18.2 Å². The number of aryl methyl sites for hydroxylation is 2. The fraction of sp³-hybridized carbons (Fsp3) is 0.367. The molecule has 37 heavy (non-hydrogen) atoms. The number of para-hydroxylation sites is 1. The highest BCUT2D eigenvalue weighted by Gasteiger charge is 2.34. The van der Waals surface area contributed by atoms with Gasteiger partial charge in [0.05, 0.1) is 37.5 Å². The zero-order chi connectivity index (χ0) is 24.9. The lowest BCUT2D eigenvalue weighted by molar-refractivity contribution is -0.183. The molecule has 0 radical (unpaired) electrons. The average Bonchev–Trinajstić information content (AvgIpc) is 3.47. The Morgan fingerprint density at radius 2 is 1.92 bits per heavy atom. The monoisotopic (exact) mass is 498 g/mol. The lowest BCUT2D eigenvalue weighted by atomic mass is 9.80. The normalized spacial score (nSPS) is 17.1. The lowest BCUT2D eigenvalue weighted by Crippen LogP contribution is -2.26. The average molecular weight is 499 g/mol. The van der Waals surface area contributed by atoms with E-state index in [1.54, 1.807) is 0 Å². The summed E-state index contributed by atoms with van der Waals surface area (Å²) in [6.07, 6.45) is 3.14. The third-order valence-electron chi connectivity index (χ3n) is 7.90. The van der Waals surface area contributed by atoms with Gasteiger partial charge in [-0.2, -0.15) is 0 Å². The Morgan fingerprint density at radius 3 is 2.78 bits per heavy atom. The minimum atomic E-state index is -0.188. The second-order valence-corrected chi connectivity index (χ2v) is 9.99. The molecular weight excluding hydrogens is 468 g/mol. The van der Waals surface area contributed by atoms with E-state index in [4.69, 9.17) is 14.2 Å². The van der Waals surface area contributed by atoms with Crippen molar-refractivity contribution in [3.05, 3.63) is 64.7 Å². The number of aliphatic hydroxyl groups is 1. The van der Waals surface area contributed by atoms with Gasteiger partial charge in [-0.05, 0) is 59.7 Å². The smallest absolute Gasteiger partial charge is 0.252 e. The number of carbonyl (C=O) groups is 1. The molecule has 0 unspecified atom stereocenters. The van der Waals surface area contributed by atoms with Gasteiger partial charge >= 0.3 is 0 Å². The summed E-state index contributed by atoms with van der Waals surface area (Å²) in [7, 11) is 0. The van der Waals surface area contributed by atoms with Crippen molar-refractivity contribution in [2.45, 2.75) is 45.1 Å². The molecule has 3 aliphatic rings. The zero-order valence-corrected chi connectivity index (χ0v) is 20.7. The molecule has 7 heteroatoms. The van der Waals surface area contributed by atoms with Crippen LogP contribution in [0.25, 0.3) is 32.9 Å². The number of ether oxygens (including phenoxy) is 3. The van der Waals surface area contributed by atoms with Crippen LogP contribution in [0.15, 0.2) is 42.5 Å². The minimum absolute atomic E-state index is 0.00667. The number of rotatable bonds is 6. The van der Waals surface area contributed by atoms with Crippen LogP contribution in [0.1, 0.15) is 39.9 Å². The molecule has 4 aromatic rings. The second kappa shape index (κ2) is 9.17. The predicted octanol–water partition coefficient (Wildman–Crippen LogP) is 4.33. The van der Waals surface area contributed by atoms with Gasteiger partial charge in [-0.3, -0.25) is 4.79 Å². The summed E-state index contributed by atoms with van der Waals surface area (Å²) in [5.74, 6) is 0.822. The van der Waals surface area contributed by atoms with E-state index in [0.29, 0.717) is 26.1 Å². The van der Waals surface area contributed by atoms with Crippen LogP contribution in [0.3, 0.4) is 0 Å². The Morgan fingerprint density at radius 1 is 1.05 bits per heavy atom. The number of aromatic nitrogens is 1. The van der Waals surface area contributed by atoms with Crippen LogP contribution in [-0.2, 0) is 35.4 Å². The number of carbonyl (C=O) groups excluding carboxylic acids is 1. The highest BCUT2D eigenvalue weighted by molar-refractivity contribution is 6.19. The number of aliphatic hydroxyl groups excluding tert-OH is 1. The van der Waals surface area contributed by atoms with Crippen LogP contribution in [0, 0.1) is 0 Å². The number of hydrogen-bond donors (Lipinski definition) is 2. The van der Waals surface area contributed by atoms with E-state index in [0.717, 1.165) is 82.3 Å². The maximum Gasteiger partial charge on any atom is 0.252 e. The summed E-state index contributed by atoms with van der Waals surface area (Å²) < 4.78 is 19.6. The number of nitrogens with one attached hydrogen (secondary N) is 1. The van der Waals surface area contributed by atoms with E-state index < -0.39 is 0 Å². The first-order valence-electron chi connectivity index (χ1n) is 13.2. The molecule has 3 heterocycles. The van der Waals surface area contributed by atoms with Gasteiger partial charge in [0.2, 0.25) is 0 Å².